The molecule has 1 aromatic carbocycles. The number of nitrogens with zero attached hydrogens (tertiary/aromatic N) is 2. The first-order valence-electron chi connectivity index (χ1n) is 7.74. The third kappa shape index (κ3) is 3.40. The largest absolute Gasteiger partial charge is 0.329 e. The molecule has 0 spiro atoms. The average molecular weight is 275 g/mol. The van der Waals surface area contributed by atoms with Crippen molar-refractivity contribution in [2.45, 2.75) is 34.2 Å². The zero-order valence-corrected chi connectivity index (χ0v) is 13.5. The lowest BCUT2D eigenvalue weighted by atomic mass is 9.94. The Bertz CT molecular complexity index is 434. The van der Waals surface area contributed by atoms with Gasteiger partial charge in [0.2, 0.25) is 0 Å². The third-order valence-electron chi connectivity index (χ3n) is 4.81. The van der Waals surface area contributed by atoms with Gasteiger partial charge in [-0.05, 0) is 55.5 Å². The molecule has 1 heterocycles. The number of aryl methyl sites for hydroxylation is 2. The topological polar surface area (TPSA) is 32.5 Å². The lowest BCUT2D eigenvalue weighted by molar-refractivity contribution is 0.129. The molecule has 1 aliphatic rings. The molecule has 1 aromatic rings. The Morgan fingerprint density at radius 2 is 1.40 bits per heavy atom. The lowest BCUT2D eigenvalue weighted by Gasteiger charge is -2.35. The van der Waals surface area contributed by atoms with E-state index in [0.29, 0.717) is 0 Å². The van der Waals surface area contributed by atoms with Crippen LogP contribution in [0.1, 0.15) is 27.8 Å². The van der Waals surface area contributed by atoms with E-state index in [1.165, 1.54) is 27.8 Å². The first-order valence-corrected chi connectivity index (χ1v) is 7.74. The maximum atomic E-state index is 5.64. The minimum atomic E-state index is 0.773. The first-order chi connectivity index (χ1) is 9.52. The Labute approximate surface area is 123 Å². The molecule has 2 N–H and O–H groups in total. The lowest BCUT2D eigenvalue weighted by Crippen LogP contribution is -2.47. The van der Waals surface area contributed by atoms with Gasteiger partial charge in [0.15, 0.2) is 0 Å². The fraction of sp³-hybridized carbons (Fsp3) is 0.647. The van der Waals surface area contributed by atoms with E-state index in [2.05, 4.69) is 43.6 Å². The molecule has 2 rings (SSSR count). The van der Waals surface area contributed by atoms with Crippen LogP contribution in [0.15, 0.2) is 6.07 Å². The molecule has 1 aliphatic heterocycles. The molecule has 0 aliphatic carbocycles. The molecule has 0 saturated carbocycles. The van der Waals surface area contributed by atoms with Crippen molar-refractivity contribution in [1.29, 1.82) is 0 Å². The van der Waals surface area contributed by atoms with Crippen molar-refractivity contribution in [3.8, 4) is 0 Å². The molecule has 3 heteroatoms. The van der Waals surface area contributed by atoms with Crippen molar-refractivity contribution in [2.75, 3.05) is 39.3 Å². The van der Waals surface area contributed by atoms with E-state index < -0.39 is 0 Å². The Balaban J connectivity index is 2.05. The summed E-state index contributed by atoms with van der Waals surface area (Å²) < 4.78 is 0. The SMILES string of the molecule is Cc1cc(C)c(C)c(CN2CCN(CCN)CC2)c1C. The van der Waals surface area contributed by atoms with E-state index in [0.717, 1.165) is 45.8 Å². The summed E-state index contributed by atoms with van der Waals surface area (Å²) in [7, 11) is 0. The second kappa shape index (κ2) is 6.70. The molecule has 1 saturated heterocycles. The molecule has 0 bridgehead atoms. The third-order valence-corrected chi connectivity index (χ3v) is 4.81. The number of hydrogen-bond donors (Lipinski definition) is 1. The fourth-order valence-corrected chi connectivity index (χ4v) is 3.11. The van der Waals surface area contributed by atoms with Crippen molar-refractivity contribution >= 4 is 0 Å². The quantitative estimate of drug-likeness (QED) is 0.912. The summed E-state index contributed by atoms with van der Waals surface area (Å²) >= 11 is 0. The molecule has 0 radical (unpaired) electrons. The summed E-state index contributed by atoms with van der Waals surface area (Å²) in [6.45, 7) is 16.5. The van der Waals surface area contributed by atoms with Crippen LogP contribution >= 0.6 is 0 Å². The Hall–Kier alpha value is -0.900. The molecular weight excluding hydrogens is 246 g/mol. The number of hydrogen-bond acceptors (Lipinski definition) is 3. The van der Waals surface area contributed by atoms with Crippen molar-refractivity contribution in [2.24, 2.45) is 5.73 Å². The fourth-order valence-electron chi connectivity index (χ4n) is 3.11. The number of piperazine rings is 1. The number of benzene rings is 1. The molecule has 0 amide bonds. The highest BCUT2D eigenvalue weighted by Crippen LogP contribution is 2.23. The number of nitrogens with two attached hydrogens (primary N) is 1. The Morgan fingerprint density at radius 1 is 0.900 bits per heavy atom. The molecule has 0 aromatic heterocycles. The van der Waals surface area contributed by atoms with Gasteiger partial charge in [-0.3, -0.25) is 9.80 Å². The van der Waals surface area contributed by atoms with Crippen LogP contribution in [0.3, 0.4) is 0 Å². The van der Waals surface area contributed by atoms with Gasteiger partial charge in [0.1, 0.15) is 0 Å². The summed E-state index contributed by atoms with van der Waals surface area (Å²) in [4.78, 5) is 5.05. The van der Waals surface area contributed by atoms with Gasteiger partial charge >= 0.3 is 0 Å². The molecule has 0 atom stereocenters. The summed E-state index contributed by atoms with van der Waals surface area (Å²) in [5.74, 6) is 0. The molecular formula is C17H29N3. The average Bonchev–Trinajstić information content (AvgIpc) is 2.43. The molecule has 3 nitrogen and oxygen atoms in total. The van der Waals surface area contributed by atoms with Crippen molar-refractivity contribution in [3.05, 3.63) is 33.9 Å². The highest BCUT2D eigenvalue weighted by molar-refractivity contribution is 5.43. The van der Waals surface area contributed by atoms with E-state index in [4.69, 9.17) is 5.73 Å². The van der Waals surface area contributed by atoms with Gasteiger partial charge in [-0.2, -0.15) is 0 Å². The summed E-state index contributed by atoms with van der Waals surface area (Å²) in [6, 6.07) is 2.31. The van der Waals surface area contributed by atoms with Crippen LogP contribution in [0.4, 0.5) is 0 Å². The molecule has 0 unspecified atom stereocenters. The van der Waals surface area contributed by atoms with E-state index in [-0.39, 0.29) is 0 Å². The van der Waals surface area contributed by atoms with Crippen LogP contribution in [0.2, 0.25) is 0 Å². The maximum absolute atomic E-state index is 5.64. The minimum Gasteiger partial charge on any atom is -0.329 e. The van der Waals surface area contributed by atoms with Gasteiger partial charge < -0.3 is 5.73 Å². The summed E-state index contributed by atoms with van der Waals surface area (Å²) in [6.07, 6.45) is 0. The monoisotopic (exact) mass is 275 g/mol. The smallest absolute Gasteiger partial charge is 0.0240 e. The normalized spacial score (nSPS) is 17.6. The van der Waals surface area contributed by atoms with E-state index in [1.54, 1.807) is 0 Å². The van der Waals surface area contributed by atoms with Crippen molar-refractivity contribution < 1.29 is 0 Å². The van der Waals surface area contributed by atoms with Crippen LogP contribution in [0.5, 0.6) is 0 Å². The van der Waals surface area contributed by atoms with Gasteiger partial charge in [0.05, 0.1) is 0 Å². The van der Waals surface area contributed by atoms with Crippen LogP contribution < -0.4 is 5.73 Å². The van der Waals surface area contributed by atoms with Gasteiger partial charge in [-0.25, -0.2) is 0 Å². The van der Waals surface area contributed by atoms with Gasteiger partial charge in [0, 0.05) is 45.8 Å². The zero-order chi connectivity index (χ0) is 14.7. The van der Waals surface area contributed by atoms with Crippen molar-refractivity contribution in [1.82, 2.24) is 9.80 Å². The second-order valence-corrected chi connectivity index (χ2v) is 6.15. The minimum absolute atomic E-state index is 0.773. The Morgan fingerprint density at radius 3 is 1.90 bits per heavy atom. The molecule has 112 valence electrons. The molecule has 20 heavy (non-hydrogen) atoms. The summed E-state index contributed by atoms with van der Waals surface area (Å²) in [5, 5.41) is 0. The standard InChI is InChI=1S/C17H29N3/c1-13-11-14(2)16(4)17(15(13)3)12-20-9-7-19(6-5-18)8-10-20/h11H,5-10,12,18H2,1-4H3. The van der Waals surface area contributed by atoms with E-state index >= 15 is 0 Å². The van der Waals surface area contributed by atoms with Gasteiger partial charge in [-0.15, -0.1) is 0 Å². The zero-order valence-electron chi connectivity index (χ0n) is 13.5. The maximum Gasteiger partial charge on any atom is 0.0240 e. The summed E-state index contributed by atoms with van der Waals surface area (Å²) in [5.41, 5.74) is 13.0. The predicted octanol–water partition coefficient (Wildman–Crippen LogP) is 2.00. The highest BCUT2D eigenvalue weighted by atomic mass is 15.3. The van der Waals surface area contributed by atoms with E-state index in [1.807, 2.05) is 0 Å². The van der Waals surface area contributed by atoms with Gasteiger partial charge in [0.25, 0.3) is 0 Å². The number of rotatable bonds is 4. The second-order valence-electron chi connectivity index (χ2n) is 6.15. The van der Waals surface area contributed by atoms with Crippen LogP contribution in [0, 0.1) is 27.7 Å². The van der Waals surface area contributed by atoms with Crippen LogP contribution in [-0.2, 0) is 6.54 Å². The van der Waals surface area contributed by atoms with Crippen molar-refractivity contribution in [3.63, 3.8) is 0 Å². The van der Waals surface area contributed by atoms with Crippen LogP contribution in [-0.4, -0.2) is 49.1 Å². The van der Waals surface area contributed by atoms with Gasteiger partial charge in [-0.1, -0.05) is 6.07 Å². The molecule has 1 fully saturated rings. The highest BCUT2D eigenvalue weighted by Gasteiger charge is 2.18. The first kappa shape index (κ1) is 15.5. The Kier molecular flexibility index (Phi) is 5.19. The predicted molar refractivity (Wildman–Crippen MR) is 86.2 cm³/mol. The van der Waals surface area contributed by atoms with Crippen LogP contribution in [0.25, 0.3) is 0 Å². The van der Waals surface area contributed by atoms with E-state index in [9.17, 15) is 0 Å².